The maximum Gasteiger partial charge on any atom is 0.230 e. The zero-order valence-electron chi connectivity index (χ0n) is 10.5. The van der Waals surface area contributed by atoms with Gasteiger partial charge in [-0.05, 0) is 37.5 Å². The van der Waals surface area contributed by atoms with Crippen molar-refractivity contribution in [2.24, 2.45) is 0 Å². The van der Waals surface area contributed by atoms with Crippen molar-refractivity contribution < 1.29 is 9.53 Å². The van der Waals surface area contributed by atoms with E-state index in [9.17, 15) is 4.79 Å². The number of carbonyl (C=O) groups is 1. The molecule has 0 bridgehead atoms. The number of nitrogens with one attached hydrogen (secondary N) is 1. The third-order valence-corrected chi connectivity index (χ3v) is 3.62. The van der Waals surface area contributed by atoms with E-state index in [1.54, 1.807) is 7.11 Å². The molecule has 1 N–H and O–H groups in total. The van der Waals surface area contributed by atoms with Gasteiger partial charge in [0.1, 0.15) is 5.75 Å². The molecule has 1 saturated carbocycles. The second-order valence-corrected chi connectivity index (χ2v) is 4.52. The first-order valence-electron chi connectivity index (χ1n) is 6.16. The van der Waals surface area contributed by atoms with E-state index < -0.39 is 0 Å². The predicted molar refractivity (Wildman–Crippen MR) is 67.2 cm³/mol. The van der Waals surface area contributed by atoms with Crippen LogP contribution in [0.25, 0.3) is 0 Å². The van der Waals surface area contributed by atoms with Crippen molar-refractivity contribution in [1.29, 1.82) is 0 Å². The Morgan fingerprint density at radius 2 is 2.00 bits per heavy atom. The van der Waals surface area contributed by atoms with E-state index in [4.69, 9.17) is 4.74 Å². The van der Waals surface area contributed by atoms with E-state index in [0.29, 0.717) is 6.54 Å². The smallest absolute Gasteiger partial charge is 0.230 e. The Kier molecular flexibility index (Phi) is 3.36. The molecule has 1 aliphatic rings. The van der Waals surface area contributed by atoms with Crippen molar-refractivity contribution in [2.75, 3.05) is 13.7 Å². The number of likely N-dealkylation sites (N-methyl/N-ethyl adjacent to an activating group) is 1. The molecule has 0 aliphatic heterocycles. The number of hydrogen-bond acceptors (Lipinski definition) is 2. The summed E-state index contributed by atoms with van der Waals surface area (Å²) in [6.07, 6.45) is 3.03. The average Bonchev–Trinajstić information content (AvgIpc) is 2.29. The summed E-state index contributed by atoms with van der Waals surface area (Å²) in [6.45, 7) is 2.65. The minimum Gasteiger partial charge on any atom is -0.497 e. The largest absolute Gasteiger partial charge is 0.497 e. The van der Waals surface area contributed by atoms with Crippen LogP contribution in [0.5, 0.6) is 5.75 Å². The highest BCUT2D eigenvalue weighted by Crippen LogP contribution is 2.44. The second-order valence-electron chi connectivity index (χ2n) is 4.52. The molecule has 0 unspecified atom stereocenters. The predicted octanol–water partition coefficient (Wildman–Crippen LogP) is 2.25. The van der Waals surface area contributed by atoms with Gasteiger partial charge in [-0.2, -0.15) is 0 Å². The lowest BCUT2D eigenvalue weighted by Gasteiger charge is -2.40. The molecule has 0 saturated heterocycles. The molecule has 2 rings (SSSR count). The molecular formula is C14H19NO2. The van der Waals surface area contributed by atoms with Crippen molar-refractivity contribution in [3.8, 4) is 5.75 Å². The van der Waals surface area contributed by atoms with Crippen LogP contribution in [-0.4, -0.2) is 19.6 Å². The van der Waals surface area contributed by atoms with Gasteiger partial charge >= 0.3 is 0 Å². The van der Waals surface area contributed by atoms with Gasteiger partial charge in [0.05, 0.1) is 12.5 Å². The summed E-state index contributed by atoms with van der Waals surface area (Å²) in [5, 5.41) is 2.95. The summed E-state index contributed by atoms with van der Waals surface area (Å²) >= 11 is 0. The summed E-state index contributed by atoms with van der Waals surface area (Å²) in [5.74, 6) is 0.996. The Morgan fingerprint density at radius 3 is 2.41 bits per heavy atom. The van der Waals surface area contributed by atoms with Gasteiger partial charge in [0.25, 0.3) is 0 Å². The molecular weight excluding hydrogens is 214 g/mol. The standard InChI is InChI=1S/C14H19NO2/c1-3-15-13(16)14(9-4-10-14)11-5-7-12(17-2)8-6-11/h5-8H,3-4,9-10H2,1-2H3,(H,15,16). The highest BCUT2D eigenvalue weighted by atomic mass is 16.5. The maximum absolute atomic E-state index is 12.2. The van der Waals surface area contributed by atoms with Gasteiger partial charge in [0.2, 0.25) is 5.91 Å². The van der Waals surface area contributed by atoms with Crippen LogP contribution in [-0.2, 0) is 10.2 Å². The van der Waals surface area contributed by atoms with Crippen molar-refractivity contribution in [1.82, 2.24) is 5.32 Å². The summed E-state index contributed by atoms with van der Waals surface area (Å²) in [6, 6.07) is 7.86. The molecule has 0 radical (unpaired) electrons. The van der Waals surface area contributed by atoms with Crippen LogP contribution in [0.1, 0.15) is 31.7 Å². The normalized spacial score (nSPS) is 17.1. The Balaban J connectivity index is 2.24. The van der Waals surface area contributed by atoms with E-state index in [1.165, 1.54) is 0 Å². The Labute approximate surface area is 102 Å². The van der Waals surface area contributed by atoms with Crippen LogP contribution in [0.2, 0.25) is 0 Å². The fourth-order valence-corrected chi connectivity index (χ4v) is 2.42. The number of rotatable bonds is 4. The number of ether oxygens (including phenoxy) is 1. The fraction of sp³-hybridized carbons (Fsp3) is 0.500. The second kappa shape index (κ2) is 4.78. The molecule has 0 spiro atoms. The Bertz CT molecular complexity index is 393. The minimum atomic E-state index is -0.289. The van der Waals surface area contributed by atoms with Gasteiger partial charge in [-0.1, -0.05) is 18.6 Å². The quantitative estimate of drug-likeness (QED) is 0.866. The van der Waals surface area contributed by atoms with E-state index in [1.807, 2.05) is 31.2 Å². The van der Waals surface area contributed by atoms with Crippen LogP contribution < -0.4 is 10.1 Å². The molecule has 1 amide bonds. The van der Waals surface area contributed by atoms with E-state index >= 15 is 0 Å². The summed E-state index contributed by atoms with van der Waals surface area (Å²) in [5.41, 5.74) is 0.818. The SMILES string of the molecule is CCNC(=O)C1(c2ccc(OC)cc2)CCC1. The van der Waals surface area contributed by atoms with Crippen molar-refractivity contribution in [3.63, 3.8) is 0 Å². The number of methoxy groups -OCH3 is 1. The molecule has 0 aromatic heterocycles. The van der Waals surface area contributed by atoms with E-state index in [-0.39, 0.29) is 11.3 Å². The summed E-state index contributed by atoms with van der Waals surface area (Å²) in [7, 11) is 1.65. The topological polar surface area (TPSA) is 38.3 Å². The van der Waals surface area contributed by atoms with Crippen LogP contribution in [0.15, 0.2) is 24.3 Å². The molecule has 3 heteroatoms. The first-order chi connectivity index (χ1) is 8.23. The molecule has 92 valence electrons. The first kappa shape index (κ1) is 12.0. The number of carbonyl (C=O) groups excluding carboxylic acids is 1. The van der Waals surface area contributed by atoms with Gasteiger partial charge < -0.3 is 10.1 Å². The van der Waals surface area contributed by atoms with Gasteiger partial charge in [0.15, 0.2) is 0 Å². The third-order valence-electron chi connectivity index (χ3n) is 3.62. The maximum atomic E-state index is 12.2. The Hall–Kier alpha value is -1.51. The number of benzene rings is 1. The molecule has 1 aromatic rings. The van der Waals surface area contributed by atoms with Gasteiger partial charge in [-0.15, -0.1) is 0 Å². The van der Waals surface area contributed by atoms with Crippen molar-refractivity contribution >= 4 is 5.91 Å². The van der Waals surface area contributed by atoms with Gasteiger partial charge in [-0.3, -0.25) is 4.79 Å². The lowest BCUT2D eigenvalue weighted by Crippen LogP contribution is -2.49. The lowest BCUT2D eigenvalue weighted by molar-refractivity contribution is -0.129. The molecule has 3 nitrogen and oxygen atoms in total. The molecule has 0 atom stereocenters. The highest BCUT2D eigenvalue weighted by molar-refractivity contribution is 5.89. The van der Waals surface area contributed by atoms with Crippen LogP contribution >= 0.6 is 0 Å². The van der Waals surface area contributed by atoms with Crippen LogP contribution in [0.4, 0.5) is 0 Å². The number of amides is 1. The van der Waals surface area contributed by atoms with Crippen molar-refractivity contribution in [2.45, 2.75) is 31.6 Å². The Morgan fingerprint density at radius 1 is 1.35 bits per heavy atom. The first-order valence-corrected chi connectivity index (χ1v) is 6.16. The van der Waals surface area contributed by atoms with Crippen LogP contribution in [0, 0.1) is 0 Å². The fourth-order valence-electron chi connectivity index (χ4n) is 2.42. The zero-order chi connectivity index (χ0) is 12.3. The van der Waals surface area contributed by atoms with E-state index in [2.05, 4.69) is 5.32 Å². The van der Waals surface area contributed by atoms with Crippen LogP contribution in [0.3, 0.4) is 0 Å². The van der Waals surface area contributed by atoms with E-state index in [0.717, 1.165) is 30.6 Å². The minimum absolute atomic E-state index is 0.163. The zero-order valence-corrected chi connectivity index (χ0v) is 10.5. The summed E-state index contributed by atoms with van der Waals surface area (Å²) < 4.78 is 5.14. The lowest BCUT2D eigenvalue weighted by atomic mass is 9.64. The molecule has 1 fully saturated rings. The molecule has 1 aliphatic carbocycles. The molecule has 0 heterocycles. The summed E-state index contributed by atoms with van der Waals surface area (Å²) in [4.78, 5) is 12.2. The monoisotopic (exact) mass is 233 g/mol. The van der Waals surface area contributed by atoms with Gasteiger partial charge in [0, 0.05) is 6.54 Å². The van der Waals surface area contributed by atoms with Gasteiger partial charge in [-0.25, -0.2) is 0 Å². The third kappa shape index (κ3) is 2.02. The average molecular weight is 233 g/mol. The number of hydrogen-bond donors (Lipinski definition) is 1. The van der Waals surface area contributed by atoms with Crippen molar-refractivity contribution in [3.05, 3.63) is 29.8 Å². The highest BCUT2D eigenvalue weighted by Gasteiger charge is 2.45. The molecule has 17 heavy (non-hydrogen) atoms. The molecule has 1 aromatic carbocycles.